The molecule has 0 saturated heterocycles. The Bertz CT molecular complexity index is 1220. The summed E-state index contributed by atoms with van der Waals surface area (Å²) in [5.74, 6) is -0.383. The van der Waals surface area contributed by atoms with Crippen LogP contribution in [0.4, 0.5) is 13.2 Å². The molecule has 1 aliphatic rings. The largest absolute Gasteiger partial charge is 0.402 e. The highest BCUT2D eigenvalue weighted by Crippen LogP contribution is 2.39. The number of alkyl halides is 3. The third-order valence-electron chi connectivity index (χ3n) is 5.66. The number of carbonyl (C=O) groups excluding carboxylic acids is 1. The molecule has 0 radical (unpaired) electrons. The zero-order chi connectivity index (χ0) is 25.9. The van der Waals surface area contributed by atoms with Crippen molar-refractivity contribution in [3.63, 3.8) is 0 Å². The Hall–Kier alpha value is -2.18. The van der Waals surface area contributed by atoms with E-state index in [-0.39, 0.29) is 30.2 Å². The van der Waals surface area contributed by atoms with Gasteiger partial charge in [0, 0.05) is 17.0 Å². The minimum Gasteiger partial charge on any atom is -0.389 e. The number of aliphatic hydroxyl groups is 1. The first kappa shape index (κ1) is 26.9. The van der Waals surface area contributed by atoms with Gasteiger partial charge in [0.25, 0.3) is 5.91 Å². The van der Waals surface area contributed by atoms with E-state index in [2.05, 4.69) is 15.0 Å². The van der Waals surface area contributed by atoms with E-state index in [1.165, 1.54) is 11.3 Å². The fourth-order valence-corrected chi connectivity index (χ4v) is 5.46. The average molecular weight is 540 g/mol. The molecule has 1 amide bonds. The van der Waals surface area contributed by atoms with Crippen LogP contribution in [0.2, 0.25) is 0 Å². The van der Waals surface area contributed by atoms with Gasteiger partial charge in [-0.25, -0.2) is 4.98 Å². The lowest BCUT2D eigenvalue weighted by atomic mass is 9.96. The molecule has 1 fully saturated rings. The highest BCUT2D eigenvalue weighted by molar-refractivity contribution is 7.97. The van der Waals surface area contributed by atoms with Crippen LogP contribution in [0.3, 0.4) is 0 Å². The number of nitrogens with zero attached hydrogens (tertiary/aromatic N) is 1. The second-order valence-electron chi connectivity index (χ2n) is 9.35. The summed E-state index contributed by atoms with van der Waals surface area (Å²) < 4.78 is 46.2. The first-order valence-corrected chi connectivity index (χ1v) is 13.2. The van der Waals surface area contributed by atoms with Gasteiger partial charge in [0.1, 0.15) is 6.54 Å². The summed E-state index contributed by atoms with van der Waals surface area (Å²) in [5.41, 5.74) is 0.411. The topological polar surface area (TPSA) is 83.5 Å². The predicted molar refractivity (Wildman–Crippen MR) is 136 cm³/mol. The molecule has 0 atom stereocenters. The maximum atomic E-state index is 12.8. The summed E-state index contributed by atoms with van der Waals surface area (Å²) in [6.07, 6.45) is -0.993. The second-order valence-corrected chi connectivity index (χ2v) is 11.3. The third kappa shape index (κ3) is 6.98. The number of amides is 1. The summed E-state index contributed by atoms with van der Waals surface area (Å²) in [7, 11) is 0. The van der Waals surface area contributed by atoms with Gasteiger partial charge in [0.15, 0.2) is 5.01 Å². The first-order valence-electron chi connectivity index (χ1n) is 11.6. The predicted octanol–water partition coefficient (Wildman–Crippen LogP) is 5.69. The number of nitrogens with one attached hydrogen (secondary N) is 2. The zero-order valence-electron chi connectivity index (χ0n) is 19.9. The number of rotatable bonds is 10. The highest BCUT2D eigenvalue weighted by atomic mass is 32.2. The molecule has 0 spiro atoms. The molecule has 0 bridgehead atoms. The molecule has 6 nitrogen and oxygen atoms in total. The van der Waals surface area contributed by atoms with E-state index in [4.69, 9.17) is 4.74 Å². The van der Waals surface area contributed by atoms with Crippen LogP contribution in [0.1, 0.15) is 48.6 Å². The summed E-state index contributed by atoms with van der Waals surface area (Å²) in [6.45, 7) is 2.44. The molecular weight excluding hydrogens is 511 g/mol. The van der Waals surface area contributed by atoms with Gasteiger partial charge in [-0.3, -0.25) is 9.52 Å². The van der Waals surface area contributed by atoms with E-state index in [0.29, 0.717) is 10.6 Å². The lowest BCUT2D eigenvalue weighted by Gasteiger charge is -2.25. The van der Waals surface area contributed by atoms with Gasteiger partial charge >= 0.3 is 6.18 Å². The Balaban J connectivity index is 1.67. The Morgan fingerprint density at radius 3 is 2.53 bits per heavy atom. The Labute approximate surface area is 215 Å². The van der Waals surface area contributed by atoms with Gasteiger partial charge < -0.3 is 15.2 Å². The van der Waals surface area contributed by atoms with Crippen LogP contribution in [0, 0.1) is 0 Å². The van der Waals surface area contributed by atoms with E-state index in [9.17, 15) is 23.1 Å². The number of hydrogen-bond acceptors (Lipinski definition) is 7. The van der Waals surface area contributed by atoms with Crippen molar-refractivity contribution in [1.29, 1.82) is 0 Å². The smallest absolute Gasteiger partial charge is 0.389 e. The molecule has 1 aliphatic carbocycles. The SMILES string of the molecule is CC(C)(O)CNC(=O)c1nc(COC2CCC2)c(-c2ccc(SNCC(F)(F)F)c3ccccc23)s1. The molecule has 1 saturated carbocycles. The van der Waals surface area contributed by atoms with E-state index in [1.54, 1.807) is 19.9 Å². The molecule has 1 aromatic heterocycles. The first-order chi connectivity index (χ1) is 17.0. The lowest BCUT2D eigenvalue weighted by molar-refractivity contribution is -0.121. The quantitative estimate of drug-likeness (QED) is 0.287. The van der Waals surface area contributed by atoms with Crippen molar-refractivity contribution in [3.05, 3.63) is 47.1 Å². The van der Waals surface area contributed by atoms with Crippen molar-refractivity contribution in [2.75, 3.05) is 13.1 Å². The molecule has 2 aromatic carbocycles. The monoisotopic (exact) mass is 539 g/mol. The van der Waals surface area contributed by atoms with Crippen molar-refractivity contribution >= 4 is 40.0 Å². The van der Waals surface area contributed by atoms with Crippen molar-refractivity contribution in [2.45, 2.75) is 62.5 Å². The molecule has 4 rings (SSSR count). The molecular formula is C25H28F3N3O3S2. The van der Waals surface area contributed by atoms with Gasteiger partial charge in [0.05, 0.1) is 28.9 Å². The summed E-state index contributed by atoms with van der Waals surface area (Å²) in [4.78, 5) is 18.8. The van der Waals surface area contributed by atoms with Crippen LogP contribution in [0.15, 0.2) is 41.3 Å². The van der Waals surface area contributed by atoms with Crippen molar-refractivity contribution in [2.24, 2.45) is 0 Å². The molecule has 0 unspecified atom stereocenters. The van der Waals surface area contributed by atoms with Crippen LogP contribution >= 0.6 is 23.3 Å². The van der Waals surface area contributed by atoms with Gasteiger partial charge in [0.2, 0.25) is 0 Å². The number of ether oxygens (including phenoxy) is 1. The zero-order valence-corrected chi connectivity index (χ0v) is 21.6. The van der Waals surface area contributed by atoms with Crippen molar-refractivity contribution in [1.82, 2.24) is 15.0 Å². The molecule has 3 aromatic rings. The number of halogens is 3. The minimum atomic E-state index is -4.30. The molecule has 3 N–H and O–H groups in total. The standard InChI is InChI=1S/C25H28F3N3O3S2/c1-24(2,33)13-29-22(32)23-31-19(12-34-15-6-5-7-15)21(35-23)18-10-11-20(36-30-14-25(26,27)28)17-9-4-3-8-16(17)18/h3-4,8-11,15,30,33H,5-7,12-14H2,1-2H3,(H,29,32). The van der Waals surface area contributed by atoms with Crippen LogP contribution < -0.4 is 10.0 Å². The van der Waals surface area contributed by atoms with Crippen molar-refractivity contribution in [3.8, 4) is 10.4 Å². The van der Waals surface area contributed by atoms with Crippen LogP contribution in [-0.4, -0.2) is 47.0 Å². The summed E-state index contributed by atoms with van der Waals surface area (Å²) in [6, 6.07) is 11.1. The number of thiazole rings is 1. The van der Waals surface area contributed by atoms with E-state index in [1.807, 2.05) is 30.3 Å². The Morgan fingerprint density at radius 2 is 1.89 bits per heavy atom. The van der Waals surface area contributed by atoms with Crippen LogP contribution in [0.5, 0.6) is 0 Å². The minimum absolute atomic E-state index is 0.0778. The van der Waals surface area contributed by atoms with Crippen LogP contribution in [-0.2, 0) is 11.3 Å². The van der Waals surface area contributed by atoms with Crippen LogP contribution in [0.25, 0.3) is 21.2 Å². The Kier molecular flexibility index (Phi) is 8.25. The average Bonchev–Trinajstić information content (AvgIpc) is 3.19. The normalized spacial score (nSPS) is 14.7. The molecule has 11 heteroatoms. The number of carbonyl (C=O) groups is 1. The van der Waals surface area contributed by atoms with E-state index >= 15 is 0 Å². The summed E-state index contributed by atoms with van der Waals surface area (Å²) in [5, 5.41) is 14.6. The lowest BCUT2D eigenvalue weighted by Crippen LogP contribution is -2.38. The maximum Gasteiger partial charge on any atom is 0.402 e. The third-order valence-corrected chi connectivity index (χ3v) is 7.66. The fraction of sp³-hybridized carbons (Fsp3) is 0.440. The molecule has 0 aliphatic heterocycles. The number of benzene rings is 2. The summed E-state index contributed by atoms with van der Waals surface area (Å²) >= 11 is 2.17. The van der Waals surface area contributed by atoms with Gasteiger partial charge in [-0.05, 0) is 61.9 Å². The molecule has 1 heterocycles. The van der Waals surface area contributed by atoms with Crippen molar-refractivity contribution < 1.29 is 27.8 Å². The molecule has 36 heavy (non-hydrogen) atoms. The fourth-order valence-electron chi connectivity index (χ4n) is 3.62. The second kappa shape index (κ2) is 11.1. The van der Waals surface area contributed by atoms with E-state index < -0.39 is 18.3 Å². The van der Waals surface area contributed by atoms with Gasteiger partial charge in [-0.1, -0.05) is 30.3 Å². The highest BCUT2D eigenvalue weighted by Gasteiger charge is 2.27. The number of aromatic nitrogens is 1. The Morgan fingerprint density at radius 1 is 1.17 bits per heavy atom. The van der Waals surface area contributed by atoms with Gasteiger partial charge in [-0.15, -0.1) is 11.3 Å². The maximum absolute atomic E-state index is 12.8. The number of fused-ring (bicyclic) bond motifs is 1. The molecule has 194 valence electrons. The van der Waals surface area contributed by atoms with E-state index in [0.717, 1.165) is 52.4 Å². The number of hydrogen-bond donors (Lipinski definition) is 3. The van der Waals surface area contributed by atoms with Gasteiger partial charge in [-0.2, -0.15) is 13.2 Å².